The van der Waals surface area contributed by atoms with Gasteiger partial charge in [-0.25, -0.2) is 0 Å². The van der Waals surface area contributed by atoms with Crippen LogP contribution < -0.4 is 9.47 Å². The smallest absolute Gasteiger partial charge is 0.122 e. The van der Waals surface area contributed by atoms with Crippen molar-refractivity contribution in [2.24, 2.45) is 0 Å². The zero-order valence-corrected chi connectivity index (χ0v) is 12.3. The lowest BCUT2D eigenvalue weighted by Gasteiger charge is -1.97. The van der Waals surface area contributed by atoms with Crippen LogP contribution in [-0.2, 0) is 12.8 Å². The van der Waals surface area contributed by atoms with Crippen LogP contribution in [0.15, 0.2) is 36.4 Å². The van der Waals surface area contributed by atoms with Crippen molar-refractivity contribution < 1.29 is 9.47 Å². The van der Waals surface area contributed by atoms with Gasteiger partial charge in [-0.3, -0.25) is 0 Å². The predicted molar refractivity (Wildman–Crippen MR) is 87.2 cm³/mol. The van der Waals surface area contributed by atoms with E-state index in [-0.39, 0.29) is 0 Å². The van der Waals surface area contributed by atoms with Gasteiger partial charge in [0.1, 0.15) is 11.5 Å². The average Bonchev–Trinajstić information content (AvgIpc) is 3.22. The van der Waals surface area contributed by atoms with E-state index >= 15 is 0 Å². The van der Waals surface area contributed by atoms with E-state index in [4.69, 9.17) is 22.3 Å². The van der Waals surface area contributed by atoms with E-state index in [0.717, 1.165) is 48.7 Å². The number of hydrogen-bond acceptors (Lipinski definition) is 2. The molecular weight excluding hydrogens is 272 g/mol. The fourth-order valence-corrected chi connectivity index (χ4v) is 2.55. The number of hydrogen-bond donors (Lipinski definition) is 0. The first-order valence-corrected chi connectivity index (χ1v) is 7.25. The fourth-order valence-electron chi connectivity index (χ4n) is 2.55. The third-order valence-corrected chi connectivity index (χ3v) is 3.71. The molecule has 108 valence electrons. The van der Waals surface area contributed by atoms with Crippen LogP contribution in [0, 0.1) is 24.7 Å². The number of rotatable bonds is 0. The van der Waals surface area contributed by atoms with Crippen LogP contribution in [0.3, 0.4) is 0 Å². The van der Waals surface area contributed by atoms with E-state index in [1.165, 1.54) is 11.1 Å². The molecule has 2 heterocycles. The van der Waals surface area contributed by atoms with E-state index < -0.39 is 0 Å². The van der Waals surface area contributed by atoms with Gasteiger partial charge >= 0.3 is 0 Å². The largest absolute Gasteiger partial charge is 0.493 e. The summed E-state index contributed by atoms with van der Waals surface area (Å²) in [7, 11) is 0. The molecule has 0 bridgehead atoms. The molecule has 0 unspecified atom stereocenters. The van der Waals surface area contributed by atoms with Crippen molar-refractivity contribution in [1.29, 1.82) is 0 Å². The lowest BCUT2D eigenvalue weighted by atomic mass is 10.1. The molecule has 0 fully saturated rings. The minimum absolute atomic E-state index is 0.795. The highest BCUT2D eigenvalue weighted by Gasteiger charge is 2.11. The van der Waals surface area contributed by atoms with Gasteiger partial charge in [-0.2, -0.15) is 0 Å². The zero-order valence-electron chi connectivity index (χ0n) is 12.3. The molecule has 2 nitrogen and oxygen atoms in total. The standard InChI is InChI=1S/2C10H8O/c2*1-2-8-3-4-10-9(7-8)5-6-11-10/h2*1,3-4,7H,5-6H2. The van der Waals surface area contributed by atoms with Gasteiger partial charge in [0.05, 0.1) is 13.2 Å². The Balaban J connectivity index is 0.000000131. The molecule has 0 atom stereocenters. The lowest BCUT2D eigenvalue weighted by Crippen LogP contribution is -1.85. The molecule has 2 heteroatoms. The maximum Gasteiger partial charge on any atom is 0.122 e. The molecule has 0 N–H and O–H groups in total. The number of ether oxygens (including phenoxy) is 2. The van der Waals surface area contributed by atoms with Gasteiger partial charge < -0.3 is 9.47 Å². The molecule has 0 aliphatic carbocycles. The van der Waals surface area contributed by atoms with Gasteiger partial charge in [-0.1, -0.05) is 11.8 Å². The first-order valence-electron chi connectivity index (χ1n) is 7.25. The van der Waals surface area contributed by atoms with Crippen molar-refractivity contribution in [2.75, 3.05) is 13.2 Å². The van der Waals surface area contributed by atoms with E-state index in [1.807, 2.05) is 36.4 Å². The monoisotopic (exact) mass is 288 g/mol. The Morgan fingerprint density at radius 3 is 1.59 bits per heavy atom. The fraction of sp³-hybridized carbons (Fsp3) is 0.200. The van der Waals surface area contributed by atoms with Crippen molar-refractivity contribution in [3.63, 3.8) is 0 Å². The molecule has 0 saturated carbocycles. The highest BCUT2D eigenvalue weighted by molar-refractivity contribution is 5.45. The van der Waals surface area contributed by atoms with Gasteiger partial charge in [0, 0.05) is 24.0 Å². The van der Waals surface area contributed by atoms with Crippen LogP contribution >= 0.6 is 0 Å². The van der Waals surface area contributed by atoms with E-state index in [9.17, 15) is 0 Å². The second-order valence-corrected chi connectivity index (χ2v) is 5.13. The van der Waals surface area contributed by atoms with Crippen LogP contribution in [-0.4, -0.2) is 13.2 Å². The zero-order chi connectivity index (χ0) is 15.4. The summed E-state index contributed by atoms with van der Waals surface area (Å²) in [6, 6.07) is 11.7. The molecule has 0 spiro atoms. The van der Waals surface area contributed by atoms with Crippen molar-refractivity contribution >= 4 is 0 Å². The molecule has 2 aliphatic rings. The molecule has 0 amide bonds. The molecule has 0 radical (unpaired) electrons. The Morgan fingerprint density at radius 2 is 1.18 bits per heavy atom. The molecule has 0 saturated heterocycles. The maximum absolute atomic E-state index is 5.33. The first kappa shape index (κ1) is 14.1. The summed E-state index contributed by atoms with van der Waals surface area (Å²) in [5.41, 5.74) is 4.35. The minimum atomic E-state index is 0.795. The van der Waals surface area contributed by atoms with E-state index in [1.54, 1.807) is 0 Å². The highest BCUT2D eigenvalue weighted by Crippen LogP contribution is 2.26. The Kier molecular flexibility index (Phi) is 4.03. The lowest BCUT2D eigenvalue weighted by molar-refractivity contribution is 0.356. The number of benzene rings is 2. The quantitative estimate of drug-likeness (QED) is 0.693. The summed E-state index contributed by atoms with van der Waals surface area (Å²) in [4.78, 5) is 0. The van der Waals surface area contributed by atoms with Gasteiger partial charge in [0.15, 0.2) is 0 Å². The Labute approximate surface area is 131 Å². The van der Waals surface area contributed by atoms with E-state index in [0.29, 0.717) is 0 Å². The van der Waals surface area contributed by atoms with Crippen molar-refractivity contribution in [3.8, 4) is 36.2 Å². The minimum Gasteiger partial charge on any atom is -0.493 e. The summed E-state index contributed by atoms with van der Waals surface area (Å²) < 4.78 is 10.7. The molecule has 22 heavy (non-hydrogen) atoms. The normalized spacial score (nSPS) is 13.4. The summed E-state index contributed by atoms with van der Waals surface area (Å²) in [6.07, 6.45) is 12.5. The number of terminal acetylenes is 2. The van der Waals surface area contributed by atoms with Gasteiger partial charge in [0.2, 0.25) is 0 Å². The van der Waals surface area contributed by atoms with Crippen molar-refractivity contribution in [1.82, 2.24) is 0 Å². The van der Waals surface area contributed by atoms with Crippen LogP contribution in [0.4, 0.5) is 0 Å². The molecule has 0 aromatic heterocycles. The Hall–Kier alpha value is -2.84. The summed E-state index contributed by atoms with van der Waals surface area (Å²) in [6.45, 7) is 1.59. The second-order valence-electron chi connectivity index (χ2n) is 5.13. The van der Waals surface area contributed by atoms with Crippen LogP contribution in [0.1, 0.15) is 22.3 Å². The molecule has 4 rings (SSSR count). The molecule has 2 aliphatic heterocycles. The van der Waals surface area contributed by atoms with Gasteiger partial charge in [0.25, 0.3) is 0 Å². The Bertz CT molecular complexity index is 708. The summed E-state index contributed by atoms with van der Waals surface area (Å²) >= 11 is 0. The number of fused-ring (bicyclic) bond motifs is 2. The topological polar surface area (TPSA) is 18.5 Å². The van der Waals surface area contributed by atoms with Crippen LogP contribution in [0.5, 0.6) is 11.5 Å². The third-order valence-electron chi connectivity index (χ3n) is 3.71. The van der Waals surface area contributed by atoms with Crippen LogP contribution in [0.25, 0.3) is 0 Å². The van der Waals surface area contributed by atoms with Gasteiger partial charge in [-0.15, -0.1) is 12.8 Å². The average molecular weight is 288 g/mol. The first-order chi connectivity index (χ1) is 10.8. The third kappa shape index (κ3) is 2.92. The second kappa shape index (κ2) is 6.29. The van der Waals surface area contributed by atoms with Gasteiger partial charge in [-0.05, 0) is 47.5 Å². The van der Waals surface area contributed by atoms with Crippen LogP contribution in [0.2, 0.25) is 0 Å². The molecule has 2 aromatic rings. The predicted octanol–water partition coefficient (Wildman–Crippen LogP) is 3.21. The summed E-state index contributed by atoms with van der Waals surface area (Å²) in [5, 5.41) is 0. The highest BCUT2D eigenvalue weighted by atomic mass is 16.5. The Morgan fingerprint density at radius 1 is 0.727 bits per heavy atom. The van der Waals surface area contributed by atoms with Crippen molar-refractivity contribution in [2.45, 2.75) is 12.8 Å². The SMILES string of the molecule is C#Cc1ccc2c(c1)CCO2.C#Cc1ccc2c(c1)CCO2. The molecular formula is C20H16O2. The maximum atomic E-state index is 5.33. The molecule has 2 aromatic carbocycles. The van der Waals surface area contributed by atoms with E-state index in [2.05, 4.69) is 11.8 Å². The summed E-state index contributed by atoms with van der Waals surface area (Å²) in [5.74, 6) is 7.18. The van der Waals surface area contributed by atoms with Crippen molar-refractivity contribution in [3.05, 3.63) is 58.7 Å².